The van der Waals surface area contributed by atoms with Crippen LogP contribution in [0.15, 0.2) is 23.1 Å². The molecule has 2 heteroatoms. The van der Waals surface area contributed by atoms with Crippen molar-refractivity contribution >= 4 is 11.8 Å². The van der Waals surface area contributed by atoms with Crippen LogP contribution < -0.4 is 0 Å². The smallest absolute Gasteiger partial charge is 0.0735 e. The normalized spacial score (nSPS) is 16.6. The Balaban J connectivity index is 2.33. The van der Waals surface area contributed by atoms with Crippen LogP contribution in [-0.4, -0.2) is 5.75 Å². The molecule has 0 radical (unpaired) electrons. The number of fused-ring (bicyclic) bond motifs is 1. The van der Waals surface area contributed by atoms with E-state index >= 15 is 0 Å². The third kappa shape index (κ3) is 2.25. The van der Waals surface area contributed by atoms with Gasteiger partial charge in [-0.05, 0) is 41.7 Å². The van der Waals surface area contributed by atoms with Crippen molar-refractivity contribution in [1.29, 1.82) is 5.26 Å². The van der Waals surface area contributed by atoms with Crippen molar-refractivity contribution in [2.24, 2.45) is 5.92 Å². The van der Waals surface area contributed by atoms with Crippen molar-refractivity contribution in [3.63, 3.8) is 0 Å². The van der Waals surface area contributed by atoms with Gasteiger partial charge >= 0.3 is 0 Å². The monoisotopic (exact) mass is 231 g/mol. The molecule has 16 heavy (non-hydrogen) atoms. The zero-order valence-electron chi connectivity index (χ0n) is 9.86. The van der Waals surface area contributed by atoms with Gasteiger partial charge in [-0.2, -0.15) is 5.26 Å². The van der Waals surface area contributed by atoms with E-state index in [1.165, 1.54) is 34.6 Å². The summed E-state index contributed by atoms with van der Waals surface area (Å²) in [6.45, 7) is 4.23. The number of hydrogen-bond donors (Lipinski definition) is 0. The molecule has 1 aromatic rings. The Morgan fingerprint density at radius 1 is 1.38 bits per heavy atom. The van der Waals surface area contributed by atoms with Crippen molar-refractivity contribution in [3.8, 4) is 6.07 Å². The highest BCUT2D eigenvalue weighted by Crippen LogP contribution is 2.33. The second-order valence-corrected chi connectivity index (χ2v) is 5.81. The Labute approximate surface area is 102 Å². The largest absolute Gasteiger partial charge is 0.198 e. The minimum atomic E-state index is 0.0391. The Morgan fingerprint density at radius 3 is 2.88 bits per heavy atom. The summed E-state index contributed by atoms with van der Waals surface area (Å²) < 4.78 is 0. The lowest BCUT2D eigenvalue weighted by atomic mass is 9.88. The van der Waals surface area contributed by atoms with E-state index in [0.29, 0.717) is 5.92 Å². The Morgan fingerprint density at radius 2 is 2.19 bits per heavy atom. The maximum absolute atomic E-state index is 9.20. The quantitative estimate of drug-likeness (QED) is 0.768. The molecule has 0 aliphatic carbocycles. The molecule has 1 unspecified atom stereocenters. The average molecular weight is 231 g/mol. The minimum Gasteiger partial charge on any atom is -0.198 e. The molecule has 0 saturated heterocycles. The molecule has 0 fully saturated rings. The molecule has 1 aliphatic heterocycles. The standard InChI is InChI=1S/C14H17NS/c1-10(2)13(9-15)11-5-6-14-12(8-11)4-3-7-16-14/h5-6,8,10,13H,3-4,7H2,1-2H3. The number of hydrogen-bond acceptors (Lipinski definition) is 2. The van der Waals surface area contributed by atoms with Crippen molar-refractivity contribution in [2.45, 2.75) is 37.5 Å². The molecule has 0 saturated carbocycles. The number of thioether (sulfide) groups is 1. The average Bonchev–Trinajstić information content (AvgIpc) is 2.29. The SMILES string of the molecule is CC(C)C(C#N)c1ccc2c(c1)CCCS2. The molecule has 2 rings (SSSR count). The van der Waals surface area contributed by atoms with Crippen LogP contribution in [0.4, 0.5) is 0 Å². The summed E-state index contributed by atoms with van der Waals surface area (Å²) >= 11 is 1.94. The molecule has 1 aromatic carbocycles. The number of rotatable bonds is 2. The fraction of sp³-hybridized carbons (Fsp3) is 0.500. The van der Waals surface area contributed by atoms with Gasteiger partial charge in [0.2, 0.25) is 0 Å². The van der Waals surface area contributed by atoms with E-state index in [-0.39, 0.29) is 5.92 Å². The zero-order valence-corrected chi connectivity index (χ0v) is 10.7. The molecule has 0 N–H and O–H groups in total. The molecule has 1 heterocycles. The van der Waals surface area contributed by atoms with Gasteiger partial charge in [0, 0.05) is 4.90 Å². The highest BCUT2D eigenvalue weighted by atomic mass is 32.2. The van der Waals surface area contributed by atoms with E-state index in [1.54, 1.807) is 0 Å². The van der Waals surface area contributed by atoms with Crippen LogP contribution in [0.1, 0.15) is 37.3 Å². The number of nitrogens with zero attached hydrogens (tertiary/aromatic N) is 1. The predicted octanol–water partition coefficient (Wildman–Crippen LogP) is 3.99. The van der Waals surface area contributed by atoms with E-state index in [4.69, 9.17) is 0 Å². The summed E-state index contributed by atoms with van der Waals surface area (Å²) in [5, 5.41) is 9.20. The summed E-state index contributed by atoms with van der Waals surface area (Å²) in [5.41, 5.74) is 2.63. The van der Waals surface area contributed by atoms with Gasteiger partial charge in [0.1, 0.15) is 0 Å². The van der Waals surface area contributed by atoms with Crippen LogP contribution in [-0.2, 0) is 6.42 Å². The van der Waals surface area contributed by atoms with E-state index in [0.717, 1.165) is 0 Å². The minimum absolute atomic E-state index is 0.0391. The highest BCUT2D eigenvalue weighted by Gasteiger charge is 2.17. The summed E-state index contributed by atoms with van der Waals surface area (Å²) in [4.78, 5) is 1.41. The first-order valence-electron chi connectivity index (χ1n) is 5.87. The van der Waals surface area contributed by atoms with Crippen LogP contribution in [0.3, 0.4) is 0 Å². The lowest BCUT2D eigenvalue weighted by Gasteiger charge is -2.19. The lowest BCUT2D eigenvalue weighted by molar-refractivity contribution is 0.586. The van der Waals surface area contributed by atoms with Gasteiger partial charge < -0.3 is 0 Å². The van der Waals surface area contributed by atoms with Crippen molar-refractivity contribution in [1.82, 2.24) is 0 Å². The molecule has 0 amide bonds. The van der Waals surface area contributed by atoms with Crippen LogP contribution in [0.2, 0.25) is 0 Å². The van der Waals surface area contributed by atoms with Gasteiger partial charge in [0.25, 0.3) is 0 Å². The van der Waals surface area contributed by atoms with E-state index in [9.17, 15) is 5.26 Å². The lowest BCUT2D eigenvalue weighted by Crippen LogP contribution is -2.06. The van der Waals surface area contributed by atoms with Gasteiger partial charge in [0.05, 0.1) is 12.0 Å². The topological polar surface area (TPSA) is 23.8 Å². The Bertz CT molecular complexity index is 417. The van der Waals surface area contributed by atoms with E-state index in [1.807, 2.05) is 11.8 Å². The van der Waals surface area contributed by atoms with Crippen molar-refractivity contribution < 1.29 is 0 Å². The van der Waals surface area contributed by atoms with Gasteiger partial charge in [-0.15, -0.1) is 11.8 Å². The van der Waals surface area contributed by atoms with Gasteiger partial charge in [0.15, 0.2) is 0 Å². The molecule has 1 atom stereocenters. The first kappa shape index (κ1) is 11.5. The van der Waals surface area contributed by atoms with Crippen molar-refractivity contribution in [2.75, 3.05) is 5.75 Å². The first-order chi connectivity index (χ1) is 7.72. The Kier molecular flexibility index (Phi) is 3.56. The van der Waals surface area contributed by atoms with Crippen LogP contribution in [0, 0.1) is 17.2 Å². The second kappa shape index (κ2) is 4.93. The summed E-state index contributed by atoms with van der Waals surface area (Å²) in [6, 6.07) is 8.99. The third-order valence-corrected chi connectivity index (χ3v) is 4.30. The number of benzene rings is 1. The molecular weight excluding hydrogens is 214 g/mol. The van der Waals surface area contributed by atoms with E-state index < -0.39 is 0 Å². The predicted molar refractivity (Wildman–Crippen MR) is 68.7 cm³/mol. The molecule has 0 aromatic heterocycles. The summed E-state index contributed by atoms with van der Waals surface area (Å²) in [5.74, 6) is 1.66. The molecule has 0 spiro atoms. The van der Waals surface area contributed by atoms with Crippen LogP contribution in [0.25, 0.3) is 0 Å². The zero-order chi connectivity index (χ0) is 11.5. The first-order valence-corrected chi connectivity index (χ1v) is 6.86. The van der Waals surface area contributed by atoms with Gasteiger partial charge in [-0.3, -0.25) is 0 Å². The maximum Gasteiger partial charge on any atom is 0.0735 e. The molecular formula is C14H17NS. The van der Waals surface area contributed by atoms with Crippen LogP contribution >= 0.6 is 11.8 Å². The molecule has 1 aliphatic rings. The van der Waals surface area contributed by atoms with Crippen LogP contribution in [0.5, 0.6) is 0 Å². The fourth-order valence-corrected chi connectivity index (χ4v) is 3.20. The van der Waals surface area contributed by atoms with E-state index in [2.05, 4.69) is 38.1 Å². The number of aryl methyl sites for hydroxylation is 1. The Hall–Kier alpha value is -0.940. The maximum atomic E-state index is 9.20. The fourth-order valence-electron chi connectivity index (χ4n) is 2.18. The summed E-state index contributed by atoms with van der Waals surface area (Å²) in [7, 11) is 0. The second-order valence-electron chi connectivity index (χ2n) is 4.67. The van der Waals surface area contributed by atoms with Crippen molar-refractivity contribution in [3.05, 3.63) is 29.3 Å². The molecule has 84 valence electrons. The third-order valence-electron chi connectivity index (χ3n) is 3.10. The molecule has 1 nitrogen and oxygen atoms in total. The van der Waals surface area contributed by atoms with Gasteiger partial charge in [-0.1, -0.05) is 26.0 Å². The molecule has 0 bridgehead atoms. The summed E-state index contributed by atoms with van der Waals surface area (Å²) in [6.07, 6.45) is 2.44. The van der Waals surface area contributed by atoms with Gasteiger partial charge in [-0.25, -0.2) is 0 Å². The number of nitriles is 1. The highest BCUT2D eigenvalue weighted by molar-refractivity contribution is 7.99.